The van der Waals surface area contributed by atoms with Gasteiger partial charge in [-0.1, -0.05) is 39.0 Å². The summed E-state index contributed by atoms with van der Waals surface area (Å²) in [5, 5.41) is 9.05. The molecule has 1 atom stereocenters. The van der Waals surface area contributed by atoms with Gasteiger partial charge in [0.05, 0.1) is 12.6 Å². The molecule has 2 aromatic rings. The normalized spacial score (nSPS) is 10.7. The monoisotopic (exact) mass is 405 g/mol. The minimum Gasteiger partial charge on any atom is -0.361 e. The van der Waals surface area contributed by atoms with E-state index < -0.39 is 12.1 Å². The number of hydrogen-bond donors (Lipinski definition) is 5. The second-order valence-corrected chi connectivity index (χ2v) is 6.12. The van der Waals surface area contributed by atoms with Gasteiger partial charge in [-0.15, -0.1) is 0 Å². The number of H-pyrrole nitrogens is 1. The predicted octanol–water partition coefficient (Wildman–Crippen LogP) is 2.09. The largest absolute Gasteiger partial charge is 0.361 e. The maximum Gasteiger partial charge on any atom is 0.312 e. The summed E-state index contributed by atoms with van der Waals surface area (Å²) in [5.41, 5.74) is 6.80. The molecule has 162 valence electrons. The molecule has 0 bridgehead atoms. The summed E-state index contributed by atoms with van der Waals surface area (Å²) in [6.45, 7) is 8.35. The van der Waals surface area contributed by atoms with Crippen LogP contribution in [0.25, 0.3) is 10.9 Å². The molecular weight excluding hydrogens is 370 g/mol. The van der Waals surface area contributed by atoms with Crippen LogP contribution in [0.1, 0.15) is 39.7 Å². The SMILES string of the molecule is CC.CCCNC(N)=O.CNCC(=O)NC(Cc1c[nH]c2ccccc12)C(C)=O. The third kappa shape index (κ3) is 10.3. The fourth-order valence-corrected chi connectivity index (χ4v) is 2.47. The molecule has 0 saturated carbocycles. The van der Waals surface area contributed by atoms with E-state index in [1.807, 2.05) is 51.2 Å². The first-order chi connectivity index (χ1) is 13.9. The van der Waals surface area contributed by atoms with Gasteiger partial charge in [-0.2, -0.15) is 0 Å². The van der Waals surface area contributed by atoms with E-state index in [9.17, 15) is 14.4 Å². The van der Waals surface area contributed by atoms with Crippen LogP contribution in [-0.4, -0.2) is 48.9 Å². The van der Waals surface area contributed by atoms with Gasteiger partial charge in [-0.3, -0.25) is 9.59 Å². The van der Waals surface area contributed by atoms with Crippen LogP contribution in [0.15, 0.2) is 30.5 Å². The second kappa shape index (κ2) is 15.1. The standard InChI is InChI=1S/C15H19N3O2.C4H10N2O.C2H6/c1-10(19)14(18-15(20)9-16-2)7-11-8-17-13-6-4-3-5-12(11)13;1-2-3-6-4(5)7;1-2/h3-6,8,14,16-17H,7,9H2,1-2H3,(H,18,20);2-3H2,1H3,(H3,5,6,7);1-2H3. The maximum absolute atomic E-state index is 11.7. The smallest absolute Gasteiger partial charge is 0.312 e. The second-order valence-electron chi connectivity index (χ2n) is 6.12. The molecule has 8 nitrogen and oxygen atoms in total. The number of nitrogens with two attached hydrogens (primary N) is 1. The van der Waals surface area contributed by atoms with Crippen molar-refractivity contribution in [2.24, 2.45) is 5.73 Å². The molecule has 0 spiro atoms. The molecule has 6 N–H and O–H groups in total. The highest BCUT2D eigenvalue weighted by molar-refractivity contribution is 5.90. The van der Waals surface area contributed by atoms with Gasteiger partial charge in [-0.25, -0.2) is 4.79 Å². The Morgan fingerprint density at radius 2 is 1.83 bits per heavy atom. The molecule has 1 heterocycles. The molecule has 1 aromatic carbocycles. The number of para-hydroxylation sites is 1. The molecule has 0 fully saturated rings. The van der Waals surface area contributed by atoms with E-state index in [0.717, 1.165) is 22.9 Å². The predicted molar refractivity (Wildman–Crippen MR) is 118 cm³/mol. The lowest BCUT2D eigenvalue weighted by molar-refractivity contribution is -0.126. The zero-order chi connectivity index (χ0) is 22.2. The first-order valence-corrected chi connectivity index (χ1v) is 9.91. The molecule has 0 aliphatic rings. The highest BCUT2D eigenvalue weighted by Crippen LogP contribution is 2.19. The summed E-state index contributed by atoms with van der Waals surface area (Å²) >= 11 is 0. The van der Waals surface area contributed by atoms with Gasteiger partial charge in [0.25, 0.3) is 0 Å². The van der Waals surface area contributed by atoms with Crippen molar-refractivity contribution in [3.8, 4) is 0 Å². The van der Waals surface area contributed by atoms with Crippen molar-refractivity contribution in [3.63, 3.8) is 0 Å². The molecule has 0 aliphatic heterocycles. The average Bonchev–Trinajstić information content (AvgIpc) is 3.11. The average molecular weight is 406 g/mol. The van der Waals surface area contributed by atoms with E-state index in [1.54, 1.807) is 7.05 Å². The van der Waals surface area contributed by atoms with Crippen LogP contribution < -0.4 is 21.7 Å². The molecule has 8 heteroatoms. The molecule has 0 aliphatic carbocycles. The highest BCUT2D eigenvalue weighted by atomic mass is 16.2. The number of carbonyl (C=O) groups excluding carboxylic acids is 3. The van der Waals surface area contributed by atoms with Crippen LogP contribution in [0.5, 0.6) is 0 Å². The van der Waals surface area contributed by atoms with Crippen LogP contribution >= 0.6 is 0 Å². The zero-order valence-electron chi connectivity index (χ0n) is 18.1. The van der Waals surface area contributed by atoms with E-state index in [-0.39, 0.29) is 18.2 Å². The van der Waals surface area contributed by atoms with Gasteiger partial charge in [0.15, 0.2) is 5.78 Å². The highest BCUT2D eigenvalue weighted by Gasteiger charge is 2.18. The Labute approximate surface area is 173 Å². The van der Waals surface area contributed by atoms with Gasteiger partial charge >= 0.3 is 6.03 Å². The summed E-state index contributed by atoms with van der Waals surface area (Å²) in [6.07, 6.45) is 3.32. The van der Waals surface area contributed by atoms with Crippen LogP contribution in [-0.2, 0) is 16.0 Å². The quantitative estimate of drug-likeness (QED) is 0.460. The molecular formula is C21H35N5O3. The topological polar surface area (TPSA) is 129 Å². The summed E-state index contributed by atoms with van der Waals surface area (Å²) < 4.78 is 0. The molecule has 29 heavy (non-hydrogen) atoms. The van der Waals surface area contributed by atoms with Gasteiger partial charge in [0.2, 0.25) is 5.91 Å². The Morgan fingerprint density at radius 1 is 1.17 bits per heavy atom. The van der Waals surface area contributed by atoms with E-state index >= 15 is 0 Å². The number of hydrogen-bond acceptors (Lipinski definition) is 4. The van der Waals surface area contributed by atoms with Crippen molar-refractivity contribution < 1.29 is 14.4 Å². The Morgan fingerprint density at radius 3 is 2.34 bits per heavy atom. The Hall–Kier alpha value is -2.87. The van der Waals surface area contributed by atoms with Gasteiger partial charge in [-0.05, 0) is 32.0 Å². The third-order valence-electron chi connectivity index (χ3n) is 3.81. The van der Waals surface area contributed by atoms with Gasteiger partial charge < -0.3 is 26.7 Å². The molecule has 1 aromatic heterocycles. The van der Waals surface area contributed by atoms with Crippen LogP contribution in [0.3, 0.4) is 0 Å². The number of amides is 3. The number of rotatable bonds is 8. The van der Waals surface area contributed by atoms with Crippen molar-refractivity contribution in [2.75, 3.05) is 20.1 Å². The lowest BCUT2D eigenvalue weighted by atomic mass is 10.0. The fourth-order valence-electron chi connectivity index (χ4n) is 2.47. The molecule has 0 saturated heterocycles. The number of likely N-dealkylation sites (N-methyl/N-ethyl adjacent to an activating group) is 1. The van der Waals surface area contributed by atoms with Gasteiger partial charge in [0, 0.05) is 30.1 Å². The van der Waals surface area contributed by atoms with E-state index in [2.05, 4.69) is 20.9 Å². The van der Waals surface area contributed by atoms with Crippen molar-refractivity contribution >= 4 is 28.6 Å². The van der Waals surface area contributed by atoms with Crippen LogP contribution in [0, 0.1) is 0 Å². The summed E-state index contributed by atoms with van der Waals surface area (Å²) in [6, 6.07) is 6.98. The number of ketones is 1. The number of primary amides is 1. The summed E-state index contributed by atoms with van der Waals surface area (Å²) in [4.78, 5) is 36.4. The molecule has 0 radical (unpaired) electrons. The Kier molecular flexibility index (Phi) is 13.6. The number of Topliss-reactive ketones (excluding diaryl/α,β-unsaturated/α-hetero) is 1. The zero-order valence-corrected chi connectivity index (χ0v) is 18.1. The van der Waals surface area contributed by atoms with Crippen molar-refractivity contribution in [2.45, 2.75) is 46.6 Å². The van der Waals surface area contributed by atoms with Gasteiger partial charge in [0.1, 0.15) is 0 Å². The third-order valence-corrected chi connectivity index (χ3v) is 3.81. The fraction of sp³-hybridized carbons (Fsp3) is 0.476. The maximum atomic E-state index is 11.7. The van der Waals surface area contributed by atoms with E-state index in [4.69, 9.17) is 5.73 Å². The Balaban J connectivity index is 0.000000740. The molecule has 3 amide bonds. The van der Waals surface area contributed by atoms with Crippen molar-refractivity contribution in [3.05, 3.63) is 36.0 Å². The lowest BCUT2D eigenvalue weighted by Crippen LogP contribution is -2.44. The van der Waals surface area contributed by atoms with Crippen molar-refractivity contribution in [1.82, 2.24) is 20.9 Å². The number of urea groups is 1. The van der Waals surface area contributed by atoms with E-state index in [0.29, 0.717) is 13.0 Å². The van der Waals surface area contributed by atoms with Crippen LogP contribution in [0.4, 0.5) is 4.79 Å². The first kappa shape index (κ1) is 26.1. The first-order valence-electron chi connectivity index (χ1n) is 9.91. The van der Waals surface area contributed by atoms with Crippen LogP contribution in [0.2, 0.25) is 0 Å². The minimum absolute atomic E-state index is 0.0419. The van der Waals surface area contributed by atoms with Crippen molar-refractivity contribution in [1.29, 1.82) is 0 Å². The number of carbonyl (C=O) groups is 3. The number of benzene rings is 1. The molecule has 2 rings (SSSR count). The number of aromatic nitrogens is 1. The minimum atomic E-state index is -0.491. The summed E-state index contributed by atoms with van der Waals surface area (Å²) in [7, 11) is 1.70. The number of nitrogens with one attached hydrogen (secondary N) is 4. The van der Waals surface area contributed by atoms with E-state index in [1.165, 1.54) is 6.92 Å². The Bertz CT molecular complexity index is 758. The lowest BCUT2D eigenvalue weighted by Gasteiger charge is -2.15. The summed E-state index contributed by atoms with van der Waals surface area (Å²) in [5.74, 6) is -0.215. The molecule has 1 unspecified atom stereocenters. The number of aromatic amines is 1. The number of fused-ring (bicyclic) bond motifs is 1.